The predicted molar refractivity (Wildman–Crippen MR) is 202 cm³/mol. The highest BCUT2D eigenvalue weighted by molar-refractivity contribution is 8.00. The molecular weight excluding hydrogens is 785 g/mol. The van der Waals surface area contributed by atoms with Crippen LogP contribution in [0.3, 0.4) is 0 Å². The van der Waals surface area contributed by atoms with Crippen LogP contribution in [0.4, 0.5) is 5.13 Å². The molecule has 57 heavy (non-hydrogen) atoms. The Kier molecular flexibility index (Phi) is 9.76. The monoisotopic (exact) mass is 824 g/mol. The van der Waals surface area contributed by atoms with Crippen LogP contribution in [0, 0.1) is 10.3 Å². The van der Waals surface area contributed by atoms with Gasteiger partial charge in [0.1, 0.15) is 34.1 Å². The Hall–Kier alpha value is -5.67. The van der Waals surface area contributed by atoms with Crippen molar-refractivity contribution in [1.29, 1.82) is 0 Å². The molecule has 5 amide bonds. The maximum Gasteiger partial charge on any atom is 0.484 e. The lowest BCUT2D eigenvalue weighted by Gasteiger charge is -2.57. The van der Waals surface area contributed by atoms with Crippen molar-refractivity contribution in [2.24, 2.45) is 10.6 Å². The molecule has 300 valence electrons. The lowest BCUT2D eigenvalue weighted by atomic mass is 9.70. The van der Waals surface area contributed by atoms with Gasteiger partial charge in [-0.1, -0.05) is 5.16 Å². The highest BCUT2D eigenvalue weighted by Gasteiger charge is 2.58. The van der Waals surface area contributed by atoms with Gasteiger partial charge >= 0.3 is 11.9 Å². The molecule has 6 N–H and O–H groups in total. The number of piperidine rings is 3. The Balaban J connectivity index is 1.05. The van der Waals surface area contributed by atoms with Crippen LogP contribution in [0.1, 0.15) is 66.4 Å². The molecule has 1 aromatic carbocycles. The van der Waals surface area contributed by atoms with Crippen molar-refractivity contribution in [2.45, 2.75) is 62.3 Å². The van der Waals surface area contributed by atoms with Gasteiger partial charge in [-0.05, 0) is 39.5 Å². The summed E-state index contributed by atoms with van der Waals surface area (Å²) in [6.07, 6.45) is 2.75. The molecule has 2 aromatic rings. The molecule has 4 saturated heterocycles. The van der Waals surface area contributed by atoms with Crippen molar-refractivity contribution in [3.63, 3.8) is 0 Å². The number of carboxylic acids is 1. The van der Waals surface area contributed by atoms with Crippen LogP contribution in [0.25, 0.3) is 0 Å². The van der Waals surface area contributed by atoms with Gasteiger partial charge in [-0.2, -0.15) is 0 Å². The highest BCUT2D eigenvalue weighted by atomic mass is 32.2. The Morgan fingerprint density at radius 1 is 1.14 bits per heavy atom. The number of aromatic hydroxyl groups is 2. The topological polar surface area (TPSA) is 262 Å². The first-order chi connectivity index (χ1) is 26.8. The molecule has 0 aliphatic carbocycles. The van der Waals surface area contributed by atoms with E-state index in [-0.39, 0.29) is 49.6 Å². The molecule has 4 fully saturated rings. The summed E-state index contributed by atoms with van der Waals surface area (Å²) in [7, 11) is 0. The van der Waals surface area contributed by atoms with Gasteiger partial charge in [-0.15, -0.1) is 23.1 Å². The van der Waals surface area contributed by atoms with E-state index in [1.165, 1.54) is 40.8 Å². The van der Waals surface area contributed by atoms with E-state index in [1.807, 2.05) is 6.92 Å². The fourth-order valence-corrected chi connectivity index (χ4v) is 10.2. The maximum atomic E-state index is 13.7. The molecule has 21 heteroatoms. The van der Waals surface area contributed by atoms with Crippen LogP contribution in [0.15, 0.2) is 46.7 Å². The number of quaternary nitrogens is 1. The van der Waals surface area contributed by atoms with Crippen molar-refractivity contribution in [3.8, 4) is 11.5 Å². The molecule has 8 rings (SSSR count). The van der Waals surface area contributed by atoms with Crippen molar-refractivity contribution < 1.29 is 58.2 Å². The van der Waals surface area contributed by atoms with E-state index in [1.54, 1.807) is 0 Å². The third-order valence-electron chi connectivity index (χ3n) is 11.6. The van der Waals surface area contributed by atoms with E-state index >= 15 is 0 Å². The van der Waals surface area contributed by atoms with E-state index < -0.39 is 69.7 Å². The van der Waals surface area contributed by atoms with E-state index in [0.29, 0.717) is 55.5 Å². The van der Waals surface area contributed by atoms with Crippen molar-refractivity contribution in [2.75, 3.05) is 38.5 Å². The number of nitrogens with zero attached hydrogens (tertiary/aromatic N) is 6. The van der Waals surface area contributed by atoms with Gasteiger partial charge in [0.05, 0.1) is 30.8 Å². The summed E-state index contributed by atoms with van der Waals surface area (Å²) < 4.78 is 0.528. The van der Waals surface area contributed by atoms with Crippen LogP contribution in [0.2, 0.25) is 0 Å². The number of hydrogen-bond donors (Lipinski definition) is 5. The number of phenolic OH excluding ortho intramolecular Hbond substituents is 2. The number of thiazole rings is 1. The predicted octanol–water partition coefficient (Wildman–Crippen LogP) is 1.51. The molecule has 6 aliphatic rings. The van der Waals surface area contributed by atoms with Crippen LogP contribution in [-0.2, 0) is 24.0 Å². The van der Waals surface area contributed by atoms with Gasteiger partial charge in [-0.3, -0.25) is 29.0 Å². The van der Waals surface area contributed by atoms with Gasteiger partial charge in [0.2, 0.25) is 6.20 Å². The average molecular weight is 825 g/mol. The van der Waals surface area contributed by atoms with E-state index in [9.17, 15) is 49.0 Å². The van der Waals surface area contributed by atoms with Crippen LogP contribution in [-0.4, -0.2) is 136 Å². The first-order valence-corrected chi connectivity index (χ1v) is 19.8. The number of carbonyl (C=O) groups excluding carboxylic acids is 5. The number of aromatic nitrogens is 1. The molecule has 3 atom stereocenters. The molecule has 7 heterocycles. The summed E-state index contributed by atoms with van der Waals surface area (Å²) in [4.78, 5) is 103. The number of nitrogens with one attached hydrogen (secondary N) is 1. The second-order valence-corrected chi connectivity index (χ2v) is 17.8. The van der Waals surface area contributed by atoms with Gasteiger partial charge in [0, 0.05) is 52.3 Å². The quantitative estimate of drug-likeness (QED) is 0.0387. The number of rotatable bonds is 12. The molecule has 3 unspecified atom stereocenters. The lowest BCUT2D eigenvalue weighted by molar-refractivity contribution is -0.941. The third kappa shape index (κ3) is 6.71. The normalized spacial score (nSPS) is 26.8. The van der Waals surface area contributed by atoms with Crippen molar-refractivity contribution in [1.82, 2.24) is 20.1 Å². The van der Waals surface area contributed by atoms with Crippen molar-refractivity contribution in [3.05, 3.63) is 63.3 Å². The van der Waals surface area contributed by atoms with E-state index in [2.05, 4.69) is 22.0 Å². The zero-order valence-corrected chi connectivity index (χ0v) is 32.7. The average Bonchev–Trinajstić information content (AvgIpc) is 3.70. The number of oxime groups is 1. The Morgan fingerprint density at radius 2 is 1.74 bits per heavy atom. The molecule has 0 saturated carbocycles. The van der Waals surface area contributed by atoms with Gasteiger partial charge in [0.25, 0.3) is 29.2 Å². The lowest BCUT2D eigenvalue weighted by Crippen LogP contribution is -2.72. The minimum absolute atomic E-state index is 0.0204. The number of aliphatic carboxylic acids is 1. The minimum Gasteiger partial charge on any atom is -0.504 e. The Labute approximate surface area is 333 Å². The highest BCUT2D eigenvalue weighted by Crippen LogP contribution is 2.49. The Bertz CT molecular complexity index is 2180. The standard InChI is InChI=1S/C36H38N8O11S2/c1-5-42(54)33(53)35(3,4)55-40-24(21-15-56-34(37)38-21)27(47)39-25-30(50)43-26(32(51)52)20(17(2)57-31(25)43)14-44-9-6-36(7-10-44,8-11-44)16-41-28(48)18-12-22(45)23(46)13-19(18)29(41)49/h5,12-13,15,17,25,31H,1,6-11,14,16H2,2-4H3,(H4-2,37,38,39,40,45,46,47,48,49,51,52,53,54)/p+2. The first-order valence-electron chi connectivity index (χ1n) is 17.9. The molecule has 6 aliphatic heterocycles. The fraction of sp³-hybridized carbons (Fsp3) is 0.444. The van der Waals surface area contributed by atoms with Crippen LogP contribution >= 0.6 is 23.1 Å². The number of anilines is 1. The molecule has 2 bridgehead atoms. The summed E-state index contributed by atoms with van der Waals surface area (Å²) >= 11 is 2.33. The number of phenols is 2. The second-order valence-electron chi connectivity index (χ2n) is 15.4. The van der Waals surface area contributed by atoms with E-state index in [4.69, 9.17) is 10.6 Å². The maximum absolute atomic E-state index is 13.7. The smallest absolute Gasteiger partial charge is 0.484 e. The second kappa shape index (κ2) is 14.1. The first kappa shape index (κ1) is 39.6. The largest absolute Gasteiger partial charge is 0.504 e. The molecule has 19 nitrogen and oxygen atoms in total. The van der Waals surface area contributed by atoms with Gasteiger partial charge in [-0.25, -0.2) is 14.6 Å². The van der Waals surface area contributed by atoms with Gasteiger partial charge < -0.3 is 35.7 Å². The number of carboxylic acid groups (broad SMARTS) is 1. The number of imide groups is 1. The summed E-state index contributed by atoms with van der Waals surface area (Å²) in [5.74, 6) is -5.90. The molecule has 1 aromatic heterocycles. The number of nitrogen functional groups attached to an aromatic ring is 1. The number of carbonyl (C=O) groups is 6. The third-order valence-corrected chi connectivity index (χ3v) is 13.7. The zero-order valence-electron chi connectivity index (χ0n) is 31.1. The van der Waals surface area contributed by atoms with Crippen molar-refractivity contribution >= 4 is 69.4 Å². The fourth-order valence-electron chi connectivity index (χ4n) is 8.18. The van der Waals surface area contributed by atoms with Crippen LogP contribution < -0.4 is 11.1 Å². The number of fused-ring (bicyclic) bond motifs is 5. The number of β-lactam (4-membered cyclic amide) rings is 1. The van der Waals surface area contributed by atoms with Gasteiger partial charge in [0.15, 0.2) is 22.3 Å². The molecule has 0 spiro atoms. The number of thioether (sulfide) groups is 1. The molecule has 0 radical (unpaired) electrons. The number of amides is 5. The minimum atomic E-state index is -1.83. The summed E-state index contributed by atoms with van der Waals surface area (Å²) in [6.45, 7) is 10.2. The van der Waals surface area contributed by atoms with E-state index in [0.717, 1.165) is 29.7 Å². The number of hydrogen-bond acceptors (Lipinski definition) is 15. The van der Waals surface area contributed by atoms with Crippen LogP contribution in [0.5, 0.6) is 11.5 Å². The number of nitrogens with two attached hydrogens (primary N) is 1. The number of nitroso groups, excluding NO2 is 1. The molecular formula is C36H40N8O11S2+2. The number of benzene rings is 1. The summed E-state index contributed by atoms with van der Waals surface area (Å²) in [5.41, 5.74) is 3.70. The Morgan fingerprint density at radius 3 is 2.26 bits per heavy atom. The summed E-state index contributed by atoms with van der Waals surface area (Å²) in [5, 5.41) is 37.2. The SMILES string of the molecule is C=C[N+](=O)C(=O)C(C)(C)ON=C(C(=O)NC1C(=O)N2C(C(=O)O)=C(C[N+]34CCC(CN5C(=O)c6cc(O)c(O)cc6C5=O)(CC3)CC4)C(C)SC12)c1csc(N)n1. The summed E-state index contributed by atoms with van der Waals surface area (Å²) in [6, 6.07) is 1.06. The zero-order chi connectivity index (χ0) is 41.4.